The molecule has 0 saturated carbocycles. The molecule has 0 bridgehead atoms. The van der Waals surface area contributed by atoms with Crippen LogP contribution in [0.4, 0.5) is 10.1 Å². The van der Waals surface area contributed by atoms with Crippen molar-refractivity contribution in [1.82, 2.24) is 19.7 Å². The molecule has 1 saturated heterocycles. The van der Waals surface area contributed by atoms with Gasteiger partial charge < -0.3 is 9.47 Å². The highest BCUT2D eigenvalue weighted by Gasteiger charge is 2.27. The fraction of sp³-hybridized carbons (Fsp3) is 0.333. The summed E-state index contributed by atoms with van der Waals surface area (Å²) in [5.74, 6) is 0.852. The molecule has 0 radical (unpaired) electrons. The van der Waals surface area contributed by atoms with Gasteiger partial charge in [-0.1, -0.05) is 12.1 Å². The average Bonchev–Trinajstić information content (AvgIpc) is 3.14. The van der Waals surface area contributed by atoms with Gasteiger partial charge in [0.2, 0.25) is 5.95 Å². The van der Waals surface area contributed by atoms with E-state index < -0.39 is 5.95 Å². The summed E-state index contributed by atoms with van der Waals surface area (Å²) in [5, 5.41) is 18.1. The van der Waals surface area contributed by atoms with E-state index in [0.717, 1.165) is 54.1 Å². The molecule has 28 heavy (non-hydrogen) atoms. The van der Waals surface area contributed by atoms with Crippen LogP contribution in [-0.2, 0) is 7.05 Å². The molecular formula is C21H21FN6. The highest BCUT2D eigenvalue weighted by Crippen LogP contribution is 2.38. The summed E-state index contributed by atoms with van der Waals surface area (Å²) in [6.45, 7) is 3.58. The lowest BCUT2D eigenvalue weighted by atomic mass is 9.92. The van der Waals surface area contributed by atoms with Gasteiger partial charge in [0.05, 0.1) is 11.3 Å². The van der Waals surface area contributed by atoms with E-state index in [0.29, 0.717) is 11.5 Å². The minimum Gasteiger partial charge on any atom is -0.370 e. The Bertz CT molecular complexity index is 1030. The van der Waals surface area contributed by atoms with Crippen molar-refractivity contribution in [2.24, 2.45) is 7.05 Å². The lowest BCUT2D eigenvalue weighted by Crippen LogP contribution is -2.34. The Morgan fingerprint density at radius 3 is 2.57 bits per heavy atom. The van der Waals surface area contributed by atoms with Crippen LogP contribution in [0.15, 0.2) is 36.8 Å². The molecule has 3 aromatic rings. The van der Waals surface area contributed by atoms with Crippen molar-refractivity contribution in [3.63, 3.8) is 0 Å². The first-order valence-corrected chi connectivity index (χ1v) is 9.33. The van der Waals surface area contributed by atoms with Crippen molar-refractivity contribution in [2.75, 3.05) is 18.0 Å². The SMILES string of the molecule is Cc1ccc(-c2ccc(F)nc2)c(N2CCC(c3nncn3C)CC2)c1C#N. The summed E-state index contributed by atoms with van der Waals surface area (Å²) < 4.78 is 15.3. The van der Waals surface area contributed by atoms with Crippen LogP contribution >= 0.6 is 0 Å². The van der Waals surface area contributed by atoms with Gasteiger partial charge >= 0.3 is 0 Å². The predicted molar refractivity (Wildman–Crippen MR) is 104 cm³/mol. The number of aromatic nitrogens is 4. The first-order valence-electron chi connectivity index (χ1n) is 9.33. The van der Waals surface area contributed by atoms with Crippen LogP contribution < -0.4 is 4.90 Å². The van der Waals surface area contributed by atoms with Gasteiger partial charge in [-0.25, -0.2) is 4.98 Å². The van der Waals surface area contributed by atoms with E-state index in [1.165, 1.54) is 12.3 Å². The van der Waals surface area contributed by atoms with Gasteiger partial charge in [-0.2, -0.15) is 9.65 Å². The Morgan fingerprint density at radius 2 is 1.96 bits per heavy atom. The Morgan fingerprint density at radius 1 is 1.18 bits per heavy atom. The summed E-state index contributed by atoms with van der Waals surface area (Å²) in [5.41, 5.74) is 4.23. The number of hydrogen-bond acceptors (Lipinski definition) is 5. The summed E-state index contributed by atoms with van der Waals surface area (Å²) in [7, 11) is 1.97. The van der Waals surface area contributed by atoms with Gasteiger partial charge in [-0.15, -0.1) is 10.2 Å². The summed E-state index contributed by atoms with van der Waals surface area (Å²) in [6.07, 6.45) is 5.13. The van der Waals surface area contributed by atoms with Gasteiger partial charge in [0, 0.05) is 43.4 Å². The summed E-state index contributed by atoms with van der Waals surface area (Å²) in [6, 6.07) is 9.37. The third-order valence-electron chi connectivity index (χ3n) is 5.46. The van der Waals surface area contributed by atoms with E-state index in [4.69, 9.17) is 0 Å². The van der Waals surface area contributed by atoms with Crippen molar-refractivity contribution in [1.29, 1.82) is 5.26 Å². The molecule has 2 aromatic heterocycles. The van der Waals surface area contributed by atoms with Gasteiger partial charge in [0.15, 0.2) is 0 Å². The van der Waals surface area contributed by atoms with Gasteiger partial charge in [-0.05, 0) is 37.5 Å². The minimum absolute atomic E-state index is 0.357. The second kappa shape index (κ2) is 7.39. The molecule has 1 aliphatic rings. The Labute approximate surface area is 163 Å². The van der Waals surface area contributed by atoms with Crippen LogP contribution in [0.2, 0.25) is 0 Å². The molecule has 1 fully saturated rings. The highest BCUT2D eigenvalue weighted by atomic mass is 19.1. The van der Waals surface area contributed by atoms with Crippen molar-refractivity contribution in [3.05, 3.63) is 59.7 Å². The van der Waals surface area contributed by atoms with E-state index >= 15 is 0 Å². The van der Waals surface area contributed by atoms with Crippen LogP contribution in [-0.4, -0.2) is 32.8 Å². The number of aryl methyl sites for hydroxylation is 2. The van der Waals surface area contributed by atoms with Crippen LogP contribution in [0, 0.1) is 24.2 Å². The second-order valence-corrected chi connectivity index (χ2v) is 7.20. The molecule has 6 nitrogen and oxygen atoms in total. The molecule has 0 aliphatic carbocycles. The van der Waals surface area contributed by atoms with E-state index in [2.05, 4.69) is 26.2 Å². The molecule has 3 heterocycles. The fourth-order valence-corrected chi connectivity index (χ4v) is 3.95. The van der Waals surface area contributed by atoms with Crippen molar-refractivity contribution < 1.29 is 4.39 Å². The Hall–Kier alpha value is -3.27. The molecule has 4 rings (SSSR count). The number of piperidine rings is 1. The number of nitriles is 1. The first kappa shape index (κ1) is 18.1. The molecule has 0 spiro atoms. The maximum absolute atomic E-state index is 13.3. The number of hydrogen-bond donors (Lipinski definition) is 0. The number of anilines is 1. The smallest absolute Gasteiger partial charge is 0.212 e. The molecule has 1 aromatic carbocycles. The molecule has 0 atom stereocenters. The van der Waals surface area contributed by atoms with E-state index in [1.807, 2.05) is 30.7 Å². The third kappa shape index (κ3) is 3.22. The van der Waals surface area contributed by atoms with Crippen molar-refractivity contribution in [3.8, 4) is 17.2 Å². The molecule has 7 heteroatoms. The summed E-state index contributed by atoms with van der Waals surface area (Å²) >= 11 is 0. The predicted octanol–water partition coefficient (Wildman–Crippen LogP) is 3.58. The number of halogens is 1. The molecule has 0 N–H and O–H groups in total. The van der Waals surface area contributed by atoms with E-state index in [-0.39, 0.29) is 0 Å². The standard InChI is InChI=1S/C21H21FN6/c1-14-3-5-17(16-4-6-19(22)24-12-16)20(18(14)11-23)28-9-7-15(8-10-28)21-26-25-13-27(21)2/h3-6,12-13,15H,7-10H2,1-2H3. The zero-order valence-electron chi connectivity index (χ0n) is 15.9. The maximum atomic E-state index is 13.3. The molecule has 142 valence electrons. The van der Waals surface area contributed by atoms with Gasteiger partial charge in [-0.3, -0.25) is 0 Å². The van der Waals surface area contributed by atoms with Crippen molar-refractivity contribution >= 4 is 5.69 Å². The van der Waals surface area contributed by atoms with Crippen LogP contribution in [0.5, 0.6) is 0 Å². The topological polar surface area (TPSA) is 70.6 Å². The Kier molecular flexibility index (Phi) is 4.78. The first-order chi connectivity index (χ1) is 13.6. The van der Waals surface area contributed by atoms with Gasteiger partial charge in [0.25, 0.3) is 0 Å². The largest absolute Gasteiger partial charge is 0.370 e. The van der Waals surface area contributed by atoms with E-state index in [9.17, 15) is 9.65 Å². The van der Waals surface area contributed by atoms with Crippen LogP contribution in [0.25, 0.3) is 11.1 Å². The zero-order valence-corrected chi connectivity index (χ0v) is 15.9. The van der Waals surface area contributed by atoms with Crippen molar-refractivity contribution in [2.45, 2.75) is 25.7 Å². The second-order valence-electron chi connectivity index (χ2n) is 7.20. The zero-order chi connectivity index (χ0) is 19.7. The number of rotatable bonds is 3. The number of pyridine rings is 1. The van der Waals surface area contributed by atoms with Crippen LogP contribution in [0.1, 0.15) is 35.7 Å². The molecule has 0 unspecified atom stereocenters. The monoisotopic (exact) mass is 376 g/mol. The van der Waals surface area contributed by atoms with Gasteiger partial charge in [0.1, 0.15) is 18.2 Å². The summed E-state index contributed by atoms with van der Waals surface area (Å²) in [4.78, 5) is 6.05. The fourth-order valence-electron chi connectivity index (χ4n) is 3.95. The van der Waals surface area contributed by atoms with Crippen LogP contribution in [0.3, 0.4) is 0 Å². The Balaban J connectivity index is 1.69. The number of nitrogens with zero attached hydrogens (tertiary/aromatic N) is 6. The molecule has 0 amide bonds. The molecular weight excluding hydrogens is 355 g/mol. The van der Waals surface area contributed by atoms with E-state index in [1.54, 1.807) is 12.4 Å². The third-order valence-corrected chi connectivity index (χ3v) is 5.46. The molecule has 1 aliphatic heterocycles. The maximum Gasteiger partial charge on any atom is 0.212 e. The quantitative estimate of drug-likeness (QED) is 0.654. The average molecular weight is 376 g/mol. The lowest BCUT2D eigenvalue weighted by Gasteiger charge is -2.35. The minimum atomic E-state index is -0.512. The number of benzene rings is 1. The highest BCUT2D eigenvalue weighted by molar-refractivity contribution is 5.83. The lowest BCUT2D eigenvalue weighted by molar-refractivity contribution is 0.474. The normalized spacial score (nSPS) is 14.9.